The molecule has 10 heteroatoms. The monoisotopic (exact) mass is 443 g/mol. The SMILES string of the molecule is CCC(=O)NNC(=O)c1csc2nc(CN3CCOCC3)c(-c3ccc(OC)cc3)n12. The molecule has 0 radical (unpaired) electrons. The van der Waals surface area contributed by atoms with Crippen molar-refractivity contribution in [3.63, 3.8) is 0 Å². The average Bonchev–Trinajstić information content (AvgIpc) is 3.36. The van der Waals surface area contributed by atoms with E-state index in [0.717, 1.165) is 40.8 Å². The van der Waals surface area contributed by atoms with Gasteiger partial charge in [0.05, 0.1) is 31.7 Å². The summed E-state index contributed by atoms with van der Waals surface area (Å²) >= 11 is 1.39. The summed E-state index contributed by atoms with van der Waals surface area (Å²) in [4.78, 5) is 32.2. The average molecular weight is 444 g/mol. The van der Waals surface area contributed by atoms with E-state index in [0.29, 0.717) is 25.5 Å². The minimum absolute atomic E-state index is 0.256. The third kappa shape index (κ3) is 4.55. The number of amides is 2. The smallest absolute Gasteiger partial charge is 0.287 e. The van der Waals surface area contributed by atoms with Crippen molar-refractivity contribution in [1.29, 1.82) is 0 Å². The first kappa shape index (κ1) is 21.3. The van der Waals surface area contributed by atoms with E-state index in [1.54, 1.807) is 19.4 Å². The van der Waals surface area contributed by atoms with E-state index in [9.17, 15) is 9.59 Å². The fourth-order valence-corrected chi connectivity index (χ4v) is 4.35. The number of fused-ring (bicyclic) bond motifs is 1. The van der Waals surface area contributed by atoms with E-state index in [1.165, 1.54) is 11.3 Å². The van der Waals surface area contributed by atoms with Gasteiger partial charge >= 0.3 is 0 Å². The molecule has 1 saturated heterocycles. The van der Waals surface area contributed by atoms with E-state index in [1.807, 2.05) is 28.7 Å². The van der Waals surface area contributed by atoms with Crippen LogP contribution in [0.15, 0.2) is 29.6 Å². The van der Waals surface area contributed by atoms with Gasteiger partial charge < -0.3 is 9.47 Å². The molecule has 1 aliphatic rings. The second-order valence-corrected chi connectivity index (χ2v) is 7.96. The number of carbonyl (C=O) groups is 2. The molecule has 2 amide bonds. The van der Waals surface area contributed by atoms with Crippen molar-refractivity contribution in [1.82, 2.24) is 25.1 Å². The Bertz CT molecular complexity index is 1070. The molecule has 0 bridgehead atoms. The molecule has 0 aliphatic carbocycles. The lowest BCUT2D eigenvalue weighted by atomic mass is 10.1. The number of imidazole rings is 1. The lowest BCUT2D eigenvalue weighted by molar-refractivity contribution is -0.121. The molecule has 2 aromatic heterocycles. The maximum atomic E-state index is 12.8. The molecular formula is C21H25N5O4S. The maximum Gasteiger partial charge on any atom is 0.287 e. The Morgan fingerprint density at radius 3 is 2.61 bits per heavy atom. The van der Waals surface area contributed by atoms with Crippen LogP contribution >= 0.6 is 11.3 Å². The molecule has 3 aromatic rings. The number of morpholine rings is 1. The van der Waals surface area contributed by atoms with Gasteiger partial charge in [-0.2, -0.15) is 0 Å². The molecule has 0 unspecified atom stereocenters. The second-order valence-electron chi connectivity index (χ2n) is 7.12. The number of hydrazine groups is 1. The fraction of sp³-hybridized carbons (Fsp3) is 0.381. The number of carbonyl (C=O) groups excluding carboxylic acids is 2. The van der Waals surface area contributed by atoms with Gasteiger partial charge in [0, 0.05) is 37.0 Å². The second kappa shape index (κ2) is 9.46. The molecule has 2 N–H and O–H groups in total. The number of hydrogen-bond donors (Lipinski definition) is 2. The van der Waals surface area contributed by atoms with Gasteiger partial charge in [0.1, 0.15) is 11.4 Å². The topological polar surface area (TPSA) is 97.2 Å². The maximum absolute atomic E-state index is 12.8. The zero-order valence-electron chi connectivity index (χ0n) is 17.5. The van der Waals surface area contributed by atoms with Gasteiger partial charge in [-0.3, -0.25) is 29.7 Å². The zero-order valence-corrected chi connectivity index (χ0v) is 18.3. The Hall–Kier alpha value is -2.95. The molecular weight excluding hydrogens is 418 g/mol. The van der Waals surface area contributed by atoms with Crippen molar-refractivity contribution in [2.45, 2.75) is 19.9 Å². The molecule has 0 spiro atoms. The molecule has 9 nitrogen and oxygen atoms in total. The van der Waals surface area contributed by atoms with Gasteiger partial charge in [0.25, 0.3) is 5.91 Å². The van der Waals surface area contributed by atoms with Crippen LogP contribution in [0.3, 0.4) is 0 Å². The molecule has 31 heavy (non-hydrogen) atoms. The lowest BCUT2D eigenvalue weighted by Crippen LogP contribution is -2.41. The van der Waals surface area contributed by atoms with Crippen molar-refractivity contribution in [2.75, 3.05) is 33.4 Å². The van der Waals surface area contributed by atoms with Crippen LogP contribution in [-0.4, -0.2) is 59.5 Å². The summed E-state index contributed by atoms with van der Waals surface area (Å²) in [7, 11) is 1.63. The molecule has 1 fully saturated rings. The van der Waals surface area contributed by atoms with Crippen LogP contribution < -0.4 is 15.6 Å². The summed E-state index contributed by atoms with van der Waals surface area (Å²) in [6, 6.07) is 7.70. The Kier molecular flexibility index (Phi) is 6.50. The molecule has 4 rings (SSSR count). The zero-order chi connectivity index (χ0) is 21.8. The summed E-state index contributed by atoms with van der Waals surface area (Å²) in [5.41, 5.74) is 8.02. The number of benzene rings is 1. The normalized spacial score (nSPS) is 14.5. The van der Waals surface area contributed by atoms with Crippen LogP contribution in [-0.2, 0) is 16.1 Å². The molecule has 164 valence electrons. The number of nitrogens with one attached hydrogen (secondary N) is 2. The summed E-state index contributed by atoms with van der Waals surface area (Å²) in [5.74, 6) is 0.108. The number of aromatic nitrogens is 2. The van der Waals surface area contributed by atoms with E-state index in [2.05, 4.69) is 15.8 Å². The van der Waals surface area contributed by atoms with Gasteiger partial charge in [0.15, 0.2) is 4.96 Å². The van der Waals surface area contributed by atoms with E-state index in [4.69, 9.17) is 14.5 Å². The predicted molar refractivity (Wildman–Crippen MR) is 117 cm³/mol. The highest BCUT2D eigenvalue weighted by molar-refractivity contribution is 7.15. The van der Waals surface area contributed by atoms with Crippen molar-refractivity contribution < 1.29 is 19.1 Å². The van der Waals surface area contributed by atoms with Crippen LogP contribution in [0.25, 0.3) is 16.2 Å². The van der Waals surface area contributed by atoms with Crippen LogP contribution in [0, 0.1) is 0 Å². The number of thiazole rings is 1. The largest absolute Gasteiger partial charge is 0.497 e. The highest BCUT2D eigenvalue weighted by atomic mass is 32.1. The van der Waals surface area contributed by atoms with Crippen molar-refractivity contribution in [2.24, 2.45) is 0 Å². The Morgan fingerprint density at radius 1 is 1.19 bits per heavy atom. The fourth-order valence-electron chi connectivity index (χ4n) is 3.47. The summed E-state index contributed by atoms with van der Waals surface area (Å²) in [6.45, 7) is 5.45. The highest BCUT2D eigenvalue weighted by Gasteiger charge is 2.24. The van der Waals surface area contributed by atoms with Gasteiger partial charge in [-0.05, 0) is 24.3 Å². The molecule has 0 saturated carbocycles. The lowest BCUT2D eigenvalue weighted by Gasteiger charge is -2.26. The van der Waals surface area contributed by atoms with Crippen LogP contribution in [0.1, 0.15) is 29.5 Å². The van der Waals surface area contributed by atoms with Crippen LogP contribution in [0.5, 0.6) is 5.75 Å². The molecule has 1 aromatic carbocycles. The Balaban J connectivity index is 1.74. The van der Waals surface area contributed by atoms with Gasteiger partial charge in [-0.15, -0.1) is 11.3 Å². The van der Waals surface area contributed by atoms with Crippen molar-refractivity contribution >= 4 is 28.1 Å². The predicted octanol–water partition coefficient (Wildman–Crippen LogP) is 2.07. The minimum Gasteiger partial charge on any atom is -0.497 e. The first-order valence-corrected chi connectivity index (χ1v) is 11.0. The van der Waals surface area contributed by atoms with Crippen LogP contribution in [0.2, 0.25) is 0 Å². The number of rotatable bonds is 6. The quantitative estimate of drug-likeness (QED) is 0.566. The van der Waals surface area contributed by atoms with E-state index < -0.39 is 5.91 Å². The van der Waals surface area contributed by atoms with Gasteiger partial charge in [-0.1, -0.05) is 6.92 Å². The first-order valence-electron chi connectivity index (χ1n) is 10.1. The Labute approximate surface area is 183 Å². The van der Waals surface area contributed by atoms with Crippen molar-refractivity contribution in [3.05, 3.63) is 41.0 Å². The van der Waals surface area contributed by atoms with Gasteiger partial charge in [-0.25, -0.2) is 4.98 Å². The number of nitrogens with zero attached hydrogens (tertiary/aromatic N) is 3. The third-order valence-electron chi connectivity index (χ3n) is 5.15. The minimum atomic E-state index is -0.391. The number of methoxy groups -OCH3 is 1. The first-order chi connectivity index (χ1) is 15.1. The molecule has 0 atom stereocenters. The number of hydrogen-bond acceptors (Lipinski definition) is 7. The van der Waals surface area contributed by atoms with Gasteiger partial charge in [0.2, 0.25) is 5.91 Å². The molecule has 1 aliphatic heterocycles. The van der Waals surface area contributed by atoms with E-state index >= 15 is 0 Å². The molecule has 3 heterocycles. The van der Waals surface area contributed by atoms with E-state index in [-0.39, 0.29) is 12.3 Å². The highest BCUT2D eigenvalue weighted by Crippen LogP contribution is 2.31. The third-order valence-corrected chi connectivity index (χ3v) is 5.97. The number of ether oxygens (including phenoxy) is 2. The Morgan fingerprint density at radius 2 is 1.94 bits per heavy atom. The standard InChI is InChI=1S/C21H25N5O4S/c1-3-18(27)23-24-20(28)17-13-31-21-22-16(12-25-8-10-30-11-9-25)19(26(17)21)14-4-6-15(29-2)7-5-14/h4-7,13H,3,8-12H2,1-2H3,(H,23,27)(H,24,28). The van der Waals surface area contributed by atoms with Crippen molar-refractivity contribution in [3.8, 4) is 17.0 Å². The summed E-state index contributed by atoms with van der Waals surface area (Å²) < 4.78 is 12.6. The van der Waals surface area contributed by atoms with Crippen LogP contribution in [0.4, 0.5) is 0 Å². The summed E-state index contributed by atoms with van der Waals surface area (Å²) in [6.07, 6.45) is 0.283. The summed E-state index contributed by atoms with van der Waals surface area (Å²) in [5, 5.41) is 1.75.